The van der Waals surface area contributed by atoms with Gasteiger partial charge in [-0.15, -0.1) is 0 Å². The number of methoxy groups -OCH3 is 1. The molecule has 0 radical (unpaired) electrons. The van der Waals surface area contributed by atoms with Crippen LogP contribution in [-0.4, -0.2) is 78.9 Å². The normalized spacial score (nSPS) is 17.2. The van der Waals surface area contributed by atoms with Gasteiger partial charge in [0.1, 0.15) is 17.6 Å². The summed E-state index contributed by atoms with van der Waals surface area (Å²) in [5, 5.41) is 18.0. The monoisotopic (exact) mass is 657 g/mol. The number of aliphatic hydroxyl groups excluding tert-OH is 1. The van der Waals surface area contributed by atoms with Gasteiger partial charge in [-0.05, 0) is 73.7 Å². The second-order valence-electron chi connectivity index (χ2n) is 11.4. The minimum absolute atomic E-state index is 0.0624. The zero-order chi connectivity index (χ0) is 34.3. The number of hydrogen-bond acceptors (Lipinski definition) is 6. The molecule has 3 aromatic rings. The molecule has 0 unspecified atom stereocenters. The number of carbonyl (C=O) groups is 3. The largest absolute Gasteiger partial charge is 0.497 e. The molecule has 4 rings (SSSR count). The molecule has 0 spiro atoms. The van der Waals surface area contributed by atoms with Crippen LogP contribution in [0.3, 0.4) is 0 Å². The molecule has 3 aromatic carbocycles. The first kappa shape index (κ1) is 34.9. The number of benzene rings is 3. The van der Waals surface area contributed by atoms with E-state index in [9.17, 15) is 32.7 Å². The van der Waals surface area contributed by atoms with Crippen LogP contribution in [0.5, 0.6) is 11.5 Å². The van der Waals surface area contributed by atoms with E-state index in [-0.39, 0.29) is 43.6 Å². The molecular weight excluding hydrogens is 619 g/mol. The fourth-order valence-corrected chi connectivity index (χ4v) is 5.01. The van der Waals surface area contributed by atoms with Crippen LogP contribution in [0.2, 0.25) is 0 Å². The van der Waals surface area contributed by atoms with Crippen molar-refractivity contribution >= 4 is 35.0 Å². The third-order valence-electron chi connectivity index (χ3n) is 7.79. The lowest BCUT2D eigenvalue weighted by Gasteiger charge is -2.34. The van der Waals surface area contributed by atoms with Crippen LogP contribution < -0.4 is 25.4 Å². The molecule has 4 N–H and O–H groups in total. The Morgan fingerprint density at radius 3 is 2.23 bits per heavy atom. The van der Waals surface area contributed by atoms with Gasteiger partial charge < -0.3 is 40.3 Å². The Kier molecular flexibility index (Phi) is 11.2. The lowest BCUT2D eigenvalue weighted by atomic mass is 10.0. The second kappa shape index (κ2) is 15.1. The van der Waals surface area contributed by atoms with Crippen molar-refractivity contribution in [3.8, 4) is 11.5 Å². The number of carbonyl (C=O) groups excluding carboxylic acids is 3. The summed E-state index contributed by atoms with van der Waals surface area (Å²) in [6, 6.07) is 14.2. The van der Waals surface area contributed by atoms with Gasteiger partial charge in [-0.2, -0.15) is 13.2 Å². The molecule has 14 heteroatoms. The summed E-state index contributed by atoms with van der Waals surface area (Å²) >= 11 is 0. The van der Waals surface area contributed by atoms with Gasteiger partial charge in [0, 0.05) is 42.1 Å². The predicted molar refractivity (Wildman–Crippen MR) is 171 cm³/mol. The van der Waals surface area contributed by atoms with Crippen molar-refractivity contribution in [2.45, 2.75) is 38.6 Å². The average Bonchev–Trinajstić information content (AvgIpc) is 3.08. The number of hydrogen-bond donors (Lipinski definition) is 4. The van der Waals surface area contributed by atoms with Crippen LogP contribution in [-0.2, 0) is 17.4 Å². The smallest absolute Gasteiger partial charge is 0.416 e. The van der Waals surface area contributed by atoms with Gasteiger partial charge in [-0.1, -0.05) is 6.92 Å². The number of alkyl halides is 3. The van der Waals surface area contributed by atoms with E-state index in [0.717, 1.165) is 12.1 Å². The minimum atomic E-state index is -4.50. The van der Waals surface area contributed by atoms with E-state index in [2.05, 4.69) is 16.0 Å². The van der Waals surface area contributed by atoms with Gasteiger partial charge in [-0.3, -0.25) is 4.79 Å². The number of amides is 5. The number of aliphatic hydroxyl groups is 1. The SMILES string of the molecule is COc1ccc(NC(=O)Nc2ccc3c(c2)CC(=O)N([C@@H](C)CO)C[C@H](C)[C@H](CN(C)C(=O)Nc2ccc(C(F)(F)F)cc2)O3)cc1. The number of anilines is 3. The first-order chi connectivity index (χ1) is 22.3. The Morgan fingerprint density at radius 2 is 1.62 bits per heavy atom. The average molecular weight is 658 g/mol. The zero-order valence-electron chi connectivity index (χ0n) is 26.4. The maximum Gasteiger partial charge on any atom is 0.416 e. The van der Waals surface area contributed by atoms with Crippen molar-refractivity contribution in [1.29, 1.82) is 0 Å². The van der Waals surface area contributed by atoms with E-state index < -0.39 is 35.9 Å². The first-order valence-corrected chi connectivity index (χ1v) is 14.9. The molecular formula is C33H38F3N5O6. The van der Waals surface area contributed by atoms with Gasteiger partial charge in [0.25, 0.3) is 0 Å². The number of urea groups is 2. The van der Waals surface area contributed by atoms with E-state index in [1.807, 2.05) is 6.92 Å². The Morgan fingerprint density at radius 1 is 1.02 bits per heavy atom. The van der Waals surface area contributed by atoms with Gasteiger partial charge in [0.2, 0.25) is 5.91 Å². The molecule has 47 heavy (non-hydrogen) atoms. The number of ether oxygens (including phenoxy) is 2. The summed E-state index contributed by atoms with van der Waals surface area (Å²) in [6.45, 7) is 3.61. The van der Waals surface area contributed by atoms with Crippen molar-refractivity contribution in [2.75, 3.05) is 49.8 Å². The van der Waals surface area contributed by atoms with Crippen molar-refractivity contribution < 1.29 is 42.1 Å². The molecule has 1 aliphatic heterocycles. The molecule has 3 atom stereocenters. The molecule has 5 amide bonds. The number of nitrogens with zero attached hydrogens (tertiary/aromatic N) is 2. The van der Waals surface area contributed by atoms with Crippen LogP contribution in [0.1, 0.15) is 25.0 Å². The topological polar surface area (TPSA) is 132 Å². The highest BCUT2D eigenvalue weighted by atomic mass is 19.4. The summed E-state index contributed by atoms with van der Waals surface area (Å²) in [7, 11) is 3.07. The van der Waals surface area contributed by atoms with Crippen LogP contribution in [0.4, 0.5) is 39.8 Å². The molecule has 1 heterocycles. The highest BCUT2D eigenvalue weighted by Crippen LogP contribution is 2.31. The summed E-state index contributed by atoms with van der Waals surface area (Å²) in [4.78, 5) is 42.1. The van der Waals surface area contributed by atoms with Gasteiger partial charge >= 0.3 is 18.2 Å². The molecule has 0 bridgehead atoms. The van der Waals surface area contributed by atoms with E-state index in [0.29, 0.717) is 28.4 Å². The minimum Gasteiger partial charge on any atom is -0.497 e. The summed E-state index contributed by atoms with van der Waals surface area (Å²) < 4.78 is 50.4. The molecule has 0 aromatic heterocycles. The van der Waals surface area contributed by atoms with Crippen LogP contribution in [0.15, 0.2) is 66.7 Å². The Bertz CT molecular complexity index is 1550. The van der Waals surface area contributed by atoms with E-state index >= 15 is 0 Å². The second-order valence-corrected chi connectivity index (χ2v) is 11.4. The van der Waals surface area contributed by atoms with E-state index in [1.165, 1.54) is 24.1 Å². The Labute approximate surface area is 270 Å². The number of nitrogens with one attached hydrogen (secondary N) is 3. The lowest BCUT2D eigenvalue weighted by Crippen LogP contribution is -2.48. The molecule has 1 aliphatic rings. The third kappa shape index (κ3) is 9.28. The lowest BCUT2D eigenvalue weighted by molar-refractivity contribution is -0.137. The molecule has 0 saturated heterocycles. The predicted octanol–water partition coefficient (Wildman–Crippen LogP) is 5.67. The van der Waals surface area contributed by atoms with E-state index in [4.69, 9.17) is 9.47 Å². The molecule has 0 fully saturated rings. The van der Waals surface area contributed by atoms with Crippen LogP contribution in [0.25, 0.3) is 0 Å². The van der Waals surface area contributed by atoms with Crippen LogP contribution >= 0.6 is 0 Å². The quantitative estimate of drug-likeness (QED) is 0.247. The highest BCUT2D eigenvalue weighted by Gasteiger charge is 2.32. The fourth-order valence-electron chi connectivity index (χ4n) is 5.01. The van der Waals surface area contributed by atoms with Crippen molar-refractivity contribution in [1.82, 2.24) is 9.80 Å². The van der Waals surface area contributed by atoms with Gasteiger partial charge in [-0.25, -0.2) is 9.59 Å². The Balaban J connectivity index is 1.52. The first-order valence-electron chi connectivity index (χ1n) is 14.9. The summed E-state index contributed by atoms with van der Waals surface area (Å²) in [5.41, 5.74) is 0.797. The molecule has 0 saturated carbocycles. The van der Waals surface area contributed by atoms with Crippen LogP contribution in [0, 0.1) is 5.92 Å². The third-order valence-corrected chi connectivity index (χ3v) is 7.79. The number of halogens is 3. The van der Waals surface area contributed by atoms with Crippen molar-refractivity contribution in [3.05, 3.63) is 77.9 Å². The molecule has 0 aliphatic carbocycles. The highest BCUT2D eigenvalue weighted by molar-refractivity contribution is 6.00. The van der Waals surface area contributed by atoms with E-state index in [1.54, 1.807) is 61.4 Å². The van der Waals surface area contributed by atoms with Gasteiger partial charge in [0.05, 0.1) is 38.3 Å². The Hall–Kier alpha value is -4.98. The number of likely N-dealkylation sites (N-methyl/N-ethyl adjacent to an activating group) is 1. The zero-order valence-corrected chi connectivity index (χ0v) is 26.4. The fraction of sp³-hybridized carbons (Fsp3) is 0.364. The maximum absolute atomic E-state index is 13.5. The number of fused-ring (bicyclic) bond motifs is 1. The maximum atomic E-state index is 13.5. The molecule has 11 nitrogen and oxygen atoms in total. The standard InChI is InChI=1S/C33H38F3N5O6/c1-20-17-41(21(2)19-42)30(43)16-22-15-26(38-31(44)37-24-9-12-27(46-4)13-10-24)11-14-28(22)47-29(20)18-40(3)32(45)39-25-7-5-23(6-8-25)33(34,35)36/h5-15,20-21,29,42H,16-19H2,1-4H3,(H,39,45)(H2,37,38,44)/t20-,21-,29-/m0/s1. The number of rotatable bonds is 8. The van der Waals surface area contributed by atoms with Gasteiger partial charge in [0.15, 0.2) is 0 Å². The molecule has 252 valence electrons. The van der Waals surface area contributed by atoms with Crippen molar-refractivity contribution in [2.24, 2.45) is 5.92 Å². The summed E-state index contributed by atoms with van der Waals surface area (Å²) in [6.07, 6.45) is -5.20. The summed E-state index contributed by atoms with van der Waals surface area (Å²) in [5.74, 6) is 0.457. The van der Waals surface area contributed by atoms with Crippen molar-refractivity contribution in [3.63, 3.8) is 0 Å².